The van der Waals surface area contributed by atoms with Crippen LogP contribution in [0.2, 0.25) is 0 Å². The molecule has 1 heterocycles. The summed E-state index contributed by atoms with van der Waals surface area (Å²) < 4.78 is 38.7. The van der Waals surface area contributed by atoms with E-state index in [2.05, 4.69) is 0 Å². The van der Waals surface area contributed by atoms with Gasteiger partial charge in [-0.3, -0.25) is 4.79 Å². The summed E-state index contributed by atoms with van der Waals surface area (Å²) in [4.78, 5) is 15.2. The molecule has 126 valence electrons. The second-order valence-electron chi connectivity index (χ2n) is 6.46. The first kappa shape index (κ1) is 16.3. The number of alkyl halides is 3. The Kier molecular flexibility index (Phi) is 4.62. The number of nitrogens with zero attached hydrogens (tertiary/aromatic N) is 1. The SMILES string of the molecule is O=CON1CCC(Cc2ccc(C(F)(F)F)cc2C2CC2)CC1. The average molecular weight is 327 g/mol. The van der Waals surface area contributed by atoms with Gasteiger partial charge in [0.25, 0.3) is 0 Å². The van der Waals surface area contributed by atoms with Gasteiger partial charge in [-0.25, -0.2) is 0 Å². The normalized spacial score (nSPS) is 20.5. The highest BCUT2D eigenvalue weighted by atomic mass is 19.4. The standard InChI is InChI=1S/C17H20F3NO2/c18-17(19,20)15-4-3-14(16(10-15)13-1-2-13)9-12-5-7-21(8-6-12)23-11-22/h3-4,10-13H,1-2,5-9H2. The minimum atomic E-state index is -4.28. The highest BCUT2D eigenvalue weighted by Gasteiger charge is 2.34. The molecular weight excluding hydrogens is 307 g/mol. The van der Waals surface area contributed by atoms with Gasteiger partial charge in [0.15, 0.2) is 0 Å². The van der Waals surface area contributed by atoms with Crippen molar-refractivity contribution < 1.29 is 22.8 Å². The predicted octanol–water partition coefficient (Wildman–Crippen LogP) is 3.93. The molecule has 1 aromatic carbocycles. The van der Waals surface area contributed by atoms with Crippen molar-refractivity contribution in [3.05, 3.63) is 34.9 Å². The van der Waals surface area contributed by atoms with Crippen LogP contribution < -0.4 is 0 Å². The van der Waals surface area contributed by atoms with Gasteiger partial charge in [-0.1, -0.05) is 6.07 Å². The Balaban J connectivity index is 1.69. The molecule has 1 aromatic rings. The van der Waals surface area contributed by atoms with Gasteiger partial charge in [0.05, 0.1) is 5.56 Å². The molecule has 2 fully saturated rings. The lowest BCUT2D eigenvalue weighted by Gasteiger charge is -2.29. The van der Waals surface area contributed by atoms with Gasteiger partial charge >= 0.3 is 12.6 Å². The Labute approximate surface area is 133 Å². The van der Waals surface area contributed by atoms with E-state index in [4.69, 9.17) is 4.84 Å². The van der Waals surface area contributed by atoms with Crippen molar-refractivity contribution in [2.24, 2.45) is 5.92 Å². The third-order valence-electron chi connectivity index (χ3n) is 4.76. The number of rotatable bonds is 5. The van der Waals surface area contributed by atoms with Crippen molar-refractivity contribution in [3.8, 4) is 0 Å². The van der Waals surface area contributed by atoms with Crippen LogP contribution in [-0.2, 0) is 22.2 Å². The van der Waals surface area contributed by atoms with E-state index in [1.165, 1.54) is 12.1 Å². The first-order chi connectivity index (χ1) is 11.0. The highest BCUT2D eigenvalue weighted by molar-refractivity contribution is 5.38. The molecule has 1 aliphatic carbocycles. The highest BCUT2D eigenvalue weighted by Crippen LogP contribution is 2.44. The quantitative estimate of drug-likeness (QED) is 0.768. The average Bonchev–Trinajstić information content (AvgIpc) is 3.33. The third kappa shape index (κ3) is 4.05. The minimum Gasteiger partial charge on any atom is -0.371 e. The Morgan fingerprint density at radius 3 is 2.43 bits per heavy atom. The smallest absolute Gasteiger partial charge is 0.371 e. The lowest BCUT2D eigenvalue weighted by molar-refractivity contribution is -0.180. The summed E-state index contributed by atoms with van der Waals surface area (Å²) in [6.45, 7) is 1.80. The van der Waals surface area contributed by atoms with Gasteiger partial charge in [0.2, 0.25) is 0 Å². The zero-order valence-corrected chi connectivity index (χ0v) is 12.8. The number of hydrogen-bond acceptors (Lipinski definition) is 3. The Morgan fingerprint density at radius 1 is 1.17 bits per heavy atom. The number of benzene rings is 1. The van der Waals surface area contributed by atoms with Crippen LogP contribution in [0, 0.1) is 5.92 Å². The van der Waals surface area contributed by atoms with Gasteiger partial charge in [-0.2, -0.15) is 13.2 Å². The first-order valence-corrected chi connectivity index (χ1v) is 8.02. The van der Waals surface area contributed by atoms with E-state index in [0.717, 1.165) is 43.2 Å². The lowest BCUT2D eigenvalue weighted by atomic mass is 9.87. The molecule has 0 unspecified atom stereocenters. The number of hydrogen-bond donors (Lipinski definition) is 0. The van der Waals surface area contributed by atoms with Gasteiger partial charge in [0, 0.05) is 13.1 Å². The molecule has 0 aromatic heterocycles. The monoisotopic (exact) mass is 327 g/mol. The van der Waals surface area contributed by atoms with Crippen molar-refractivity contribution in [1.29, 1.82) is 0 Å². The molecule has 0 atom stereocenters. The van der Waals surface area contributed by atoms with Crippen molar-refractivity contribution >= 4 is 6.47 Å². The fraction of sp³-hybridized carbons (Fsp3) is 0.588. The molecule has 1 saturated heterocycles. The molecule has 1 saturated carbocycles. The summed E-state index contributed by atoms with van der Waals surface area (Å²) in [6, 6.07) is 4.20. The molecule has 3 rings (SSSR count). The van der Waals surface area contributed by atoms with Crippen LogP contribution in [0.3, 0.4) is 0 Å². The summed E-state index contributed by atoms with van der Waals surface area (Å²) in [5.41, 5.74) is 1.39. The number of piperidine rings is 1. The maximum atomic E-state index is 12.9. The molecule has 0 amide bonds. The van der Waals surface area contributed by atoms with E-state index in [1.807, 2.05) is 0 Å². The van der Waals surface area contributed by atoms with E-state index in [0.29, 0.717) is 31.4 Å². The Hall–Kier alpha value is -1.56. The van der Waals surface area contributed by atoms with E-state index < -0.39 is 11.7 Å². The number of hydroxylamine groups is 2. The van der Waals surface area contributed by atoms with Crippen LogP contribution in [0.25, 0.3) is 0 Å². The van der Waals surface area contributed by atoms with Crippen LogP contribution in [0.5, 0.6) is 0 Å². The Morgan fingerprint density at radius 2 is 1.87 bits per heavy atom. The first-order valence-electron chi connectivity index (χ1n) is 8.02. The van der Waals surface area contributed by atoms with Crippen LogP contribution in [0.15, 0.2) is 18.2 Å². The maximum Gasteiger partial charge on any atom is 0.416 e. The molecule has 0 bridgehead atoms. The van der Waals surface area contributed by atoms with Crippen molar-refractivity contribution in [3.63, 3.8) is 0 Å². The molecule has 23 heavy (non-hydrogen) atoms. The predicted molar refractivity (Wildman–Crippen MR) is 78.6 cm³/mol. The molecule has 1 aliphatic heterocycles. The molecule has 6 heteroatoms. The molecule has 0 radical (unpaired) electrons. The Bertz CT molecular complexity index is 561. The minimum absolute atomic E-state index is 0.297. The summed E-state index contributed by atoms with van der Waals surface area (Å²) in [7, 11) is 0. The van der Waals surface area contributed by atoms with Gasteiger partial charge in [-0.05, 0) is 67.2 Å². The summed E-state index contributed by atoms with van der Waals surface area (Å²) >= 11 is 0. The van der Waals surface area contributed by atoms with E-state index in [-0.39, 0.29) is 0 Å². The molecule has 3 nitrogen and oxygen atoms in total. The van der Waals surface area contributed by atoms with Crippen molar-refractivity contribution in [2.45, 2.75) is 44.2 Å². The van der Waals surface area contributed by atoms with Gasteiger partial charge in [0.1, 0.15) is 0 Å². The molecular formula is C17H20F3NO2. The van der Waals surface area contributed by atoms with E-state index >= 15 is 0 Å². The third-order valence-corrected chi connectivity index (χ3v) is 4.76. The lowest BCUT2D eigenvalue weighted by Crippen LogP contribution is -2.34. The summed E-state index contributed by atoms with van der Waals surface area (Å²) in [5.74, 6) is 0.724. The maximum absolute atomic E-state index is 12.9. The topological polar surface area (TPSA) is 29.5 Å². The largest absolute Gasteiger partial charge is 0.416 e. The van der Waals surface area contributed by atoms with E-state index in [1.54, 1.807) is 11.1 Å². The summed E-state index contributed by atoms with van der Waals surface area (Å²) in [6.07, 6.45) is 0.274. The summed E-state index contributed by atoms with van der Waals surface area (Å²) in [5, 5.41) is 1.64. The van der Waals surface area contributed by atoms with Crippen LogP contribution in [0.1, 0.15) is 48.3 Å². The zero-order valence-electron chi connectivity index (χ0n) is 12.8. The number of carbonyl (C=O) groups excluding carboxylic acids is 1. The number of carbonyl (C=O) groups is 1. The second kappa shape index (κ2) is 6.51. The van der Waals surface area contributed by atoms with Crippen molar-refractivity contribution in [2.75, 3.05) is 13.1 Å². The number of halogens is 3. The molecule has 2 aliphatic rings. The van der Waals surface area contributed by atoms with Crippen LogP contribution in [0.4, 0.5) is 13.2 Å². The van der Waals surface area contributed by atoms with Crippen LogP contribution in [-0.4, -0.2) is 24.6 Å². The fourth-order valence-corrected chi connectivity index (χ4v) is 3.32. The molecule has 0 N–H and O–H groups in total. The van der Waals surface area contributed by atoms with Crippen LogP contribution >= 0.6 is 0 Å². The van der Waals surface area contributed by atoms with Gasteiger partial charge in [-0.15, -0.1) is 5.06 Å². The molecule has 0 spiro atoms. The second-order valence-corrected chi connectivity index (χ2v) is 6.46. The fourth-order valence-electron chi connectivity index (χ4n) is 3.32. The zero-order chi connectivity index (χ0) is 16.4. The van der Waals surface area contributed by atoms with Gasteiger partial charge < -0.3 is 4.84 Å². The van der Waals surface area contributed by atoms with E-state index in [9.17, 15) is 18.0 Å². The van der Waals surface area contributed by atoms with Crippen molar-refractivity contribution in [1.82, 2.24) is 5.06 Å².